The van der Waals surface area contributed by atoms with Crippen LogP contribution in [-0.2, 0) is 4.79 Å². The van der Waals surface area contributed by atoms with Crippen molar-refractivity contribution in [1.29, 1.82) is 0 Å². The number of nitro benzene ring substituents is 1. The van der Waals surface area contributed by atoms with Crippen molar-refractivity contribution in [3.05, 3.63) is 57.0 Å². The van der Waals surface area contributed by atoms with Crippen LogP contribution in [0.25, 0.3) is 11.0 Å². The summed E-state index contributed by atoms with van der Waals surface area (Å²) in [5.74, 6) is -0.244. The SMILES string of the molecule is COc1ccc(O[C@@H](C)C(=O)Nc2ccc3[nH]c(=O)[nH]c3c2)c([N+](=O)[O-])c1. The summed E-state index contributed by atoms with van der Waals surface area (Å²) in [7, 11) is 1.39. The summed E-state index contributed by atoms with van der Waals surface area (Å²) >= 11 is 0. The monoisotopic (exact) mass is 372 g/mol. The van der Waals surface area contributed by atoms with E-state index in [1.807, 2.05) is 0 Å². The van der Waals surface area contributed by atoms with Crippen molar-refractivity contribution in [2.75, 3.05) is 12.4 Å². The molecular formula is C17H16N4O6. The van der Waals surface area contributed by atoms with Crippen molar-refractivity contribution in [3.63, 3.8) is 0 Å². The van der Waals surface area contributed by atoms with Crippen molar-refractivity contribution in [2.24, 2.45) is 0 Å². The molecule has 0 unspecified atom stereocenters. The molecule has 2 aromatic carbocycles. The first kappa shape index (κ1) is 18.0. The summed E-state index contributed by atoms with van der Waals surface area (Å²) < 4.78 is 10.4. The summed E-state index contributed by atoms with van der Waals surface area (Å²) in [4.78, 5) is 39.4. The fraction of sp³-hybridized carbons (Fsp3) is 0.176. The van der Waals surface area contributed by atoms with Gasteiger partial charge in [0.1, 0.15) is 5.75 Å². The number of methoxy groups -OCH3 is 1. The molecule has 10 nitrogen and oxygen atoms in total. The highest BCUT2D eigenvalue weighted by molar-refractivity contribution is 5.95. The molecule has 0 fully saturated rings. The molecule has 1 heterocycles. The maximum absolute atomic E-state index is 12.4. The summed E-state index contributed by atoms with van der Waals surface area (Å²) in [6.45, 7) is 1.47. The number of nitrogens with one attached hydrogen (secondary N) is 3. The number of fused-ring (bicyclic) bond motifs is 1. The Bertz CT molecular complexity index is 1070. The Morgan fingerprint density at radius 3 is 2.63 bits per heavy atom. The molecular weight excluding hydrogens is 356 g/mol. The van der Waals surface area contributed by atoms with Crippen LogP contribution in [0.15, 0.2) is 41.2 Å². The summed E-state index contributed by atoms with van der Waals surface area (Å²) in [6, 6.07) is 8.94. The lowest BCUT2D eigenvalue weighted by atomic mass is 10.2. The number of aromatic amines is 2. The molecule has 0 aliphatic heterocycles. The Hall–Kier alpha value is -3.82. The molecule has 1 aromatic heterocycles. The van der Waals surface area contributed by atoms with E-state index in [1.165, 1.54) is 32.2 Å². The third-order valence-corrected chi connectivity index (χ3v) is 3.82. The van der Waals surface area contributed by atoms with Gasteiger partial charge in [-0.2, -0.15) is 0 Å². The zero-order valence-corrected chi connectivity index (χ0v) is 14.4. The van der Waals surface area contributed by atoms with E-state index in [9.17, 15) is 19.7 Å². The Balaban J connectivity index is 1.75. The van der Waals surface area contributed by atoms with Gasteiger partial charge in [-0.25, -0.2) is 4.79 Å². The van der Waals surface area contributed by atoms with Crippen LogP contribution in [0.2, 0.25) is 0 Å². The normalized spacial score (nSPS) is 11.8. The third kappa shape index (κ3) is 3.89. The molecule has 3 rings (SSSR count). The molecule has 10 heteroatoms. The topological polar surface area (TPSA) is 139 Å². The minimum Gasteiger partial charge on any atom is -0.496 e. The van der Waals surface area contributed by atoms with Gasteiger partial charge >= 0.3 is 11.4 Å². The minimum absolute atomic E-state index is 0.0473. The van der Waals surface area contributed by atoms with E-state index in [4.69, 9.17) is 9.47 Å². The van der Waals surface area contributed by atoms with Crippen LogP contribution in [0.4, 0.5) is 11.4 Å². The molecule has 0 bridgehead atoms. The van der Waals surface area contributed by atoms with Gasteiger partial charge in [-0.15, -0.1) is 0 Å². The standard InChI is InChI=1S/C17H16N4O6/c1-9(27-15-6-4-11(26-2)8-14(15)21(24)25)16(22)18-10-3-5-12-13(7-10)20-17(23)19-12/h3-9H,1-2H3,(H,18,22)(H2,19,20,23)/t9-/m0/s1. The number of nitro groups is 1. The predicted octanol–water partition coefficient (Wildman–Crippen LogP) is 2.18. The molecule has 0 saturated carbocycles. The summed E-state index contributed by atoms with van der Waals surface area (Å²) in [5, 5.41) is 13.8. The summed E-state index contributed by atoms with van der Waals surface area (Å²) in [5.41, 5.74) is 0.938. The number of carbonyl (C=O) groups excluding carboxylic acids is 1. The Labute approximate surface area is 152 Å². The average molecular weight is 372 g/mol. The highest BCUT2D eigenvalue weighted by Crippen LogP contribution is 2.31. The van der Waals surface area contributed by atoms with Gasteiger partial charge in [0.05, 0.1) is 29.1 Å². The second kappa shape index (κ2) is 7.20. The first-order chi connectivity index (χ1) is 12.9. The smallest absolute Gasteiger partial charge is 0.323 e. The maximum Gasteiger partial charge on any atom is 0.323 e. The number of nitrogens with zero attached hydrogens (tertiary/aromatic N) is 1. The van der Waals surface area contributed by atoms with E-state index in [1.54, 1.807) is 18.2 Å². The first-order valence-corrected chi connectivity index (χ1v) is 7.89. The van der Waals surface area contributed by atoms with Crippen LogP contribution in [0.5, 0.6) is 11.5 Å². The average Bonchev–Trinajstić information content (AvgIpc) is 3.01. The molecule has 1 amide bonds. The number of hydrogen-bond acceptors (Lipinski definition) is 6. The number of aromatic nitrogens is 2. The zero-order valence-electron chi connectivity index (χ0n) is 14.4. The van der Waals surface area contributed by atoms with Crippen molar-refractivity contribution in [2.45, 2.75) is 13.0 Å². The number of imidazole rings is 1. The Morgan fingerprint density at radius 1 is 1.19 bits per heavy atom. The van der Waals surface area contributed by atoms with E-state index in [2.05, 4.69) is 15.3 Å². The number of benzene rings is 2. The molecule has 0 aliphatic carbocycles. The van der Waals surface area contributed by atoms with Crippen molar-refractivity contribution in [1.82, 2.24) is 9.97 Å². The largest absolute Gasteiger partial charge is 0.496 e. The van der Waals surface area contributed by atoms with Crippen LogP contribution >= 0.6 is 0 Å². The number of ether oxygens (including phenoxy) is 2. The molecule has 27 heavy (non-hydrogen) atoms. The van der Waals surface area contributed by atoms with Crippen molar-refractivity contribution < 1.29 is 19.2 Å². The van der Waals surface area contributed by atoms with Crippen LogP contribution in [0.3, 0.4) is 0 Å². The Morgan fingerprint density at radius 2 is 1.93 bits per heavy atom. The molecule has 0 saturated heterocycles. The predicted molar refractivity (Wildman–Crippen MR) is 97.3 cm³/mol. The first-order valence-electron chi connectivity index (χ1n) is 7.89. The van der Waals surface area contributed by atoms with E-state index in [-0.39, 0.29) is 17.1 Å². The van der Waals surface area contributed by atoms with E-state index >= 15 is 0 Å². The lowest BCUT2D eigenvalue weighted by molar-refractivity contribution is -0.386. The molecule has 0 aliphatic rings. The quantitative estimate of drug-likeness (QED) is 0.448. The lowest BCUT2D eigenvalue weighted by Crippen LogP contribution is -2.30. The second-order valence-electron chi connectivity index (χ2n) is 5.68. The van der Waals surface area contributed by atoms with E-state index in [0.717, 1.165) is 0 Å². The van der Waals surface area contributed by atoms with Gasteiger partial charge in [-0.05, 0) is 37.3 Å². The molecule has 3 aromatic rings. The minimum atomic E-state index is -1.00. The third-order valence-electron chi connectivity index (χ3n) is 3.82. The highest BCUT2D eigenvalue weighted by atomic mass is 16.6. The van der Waals surface area contributed by atoms with Gasteiger partial charge in [0.15, 0.2) is 11.9 Å². The maximum atomic E-state index is 12.4. The van der Waals surface area contributed by atoms with Gasteiger partial charge in [-0.3, -0.25) is 14.9 Å². The number of anilines is 1. The molecule has 0 radical (unpaired) electrons. The number of carbonyl (C=O) groups is 1. The number of H-pyrrole nitrogens is 2. The molecule has 1 atom stereocenters. The summed E-state index contributed by atoms with van der Waals surface area (Å²) in [6.07, 6.45) is -1.00. The van der Waals surface area contributed by atoms with E-state index < -0.39 is 16.9 Å². The zero-order chi connectivity index (χ0) is 19.6. The Kier molecular flexibility index (Phi) is 4.79. The van der Waals surface area contributed by atoms with Crippen LogP contribution in [-0.4, -0.2) is 34.0 Å². The fourth-order valence-electron chi connectivity index (χ4n) is 2.46. The molecule has 140 valence electrons. The van der Waals surface area contributed by atoms with Crippen molar-refractivity contribution >= 4 is 28.3 Å². The van der Waals surface area contributed by atoms with Crippen LogP contribution in [0.1, 0.15) is 6.92 Å². The van der Waals surface area contributed by atoms with Crippen LogP contribution in [0, 0.1) is 10.1 Å². The molecule has 0 spiro atoms. The van der Waals surface area contributed by atoms with E-state index in [0.29, 0.717) is 22.5 Å². The number of hydrogen-bond donors (Lipinski definition) is 3. The second-order valence-corrected chi connectivity index (χ2v) is 5.68. The van der Waals surface area contributed by atoms with Gasteiger partial charge < -0.3 is 24.8 Å². The fourth-order valence-corrected chi connectivity index (χ4v) is 2.46. The number of rotatable bonds is 6. The van der Waals surface area contributed by atoms with Gasteiger partial charge in [0.25, 0.3) is 5.91 Å². The van der Waals surface area contributed by atoms with Gasteiger partial charge in [0.2, 0.25) is 0 Å². The van der Waals surface area contributed by atoms with Gasteiger partial charge in [-0.1, -0.05) is 0 Å². The van der Waals surface area contributed by atoms with Crippen molar-refractivity contribution in [3.8, 4) is 11.5 Å². The van der Waals surface area contributed by atoms with Crippen LogP contribution < -0.4 is 20.5 Å². The highest BCUT2D eigenvalue weighted by Gasteiger charge is 2.22. The van der Waals surface area contributed by atoms with Gasteiger partial charge in [0, 0.05) is 5.69 Å². The molecule has 3 N–H and O–H groups in total. The lowest BCUT2D eigenvalue weighted by Gasteiger charge is -2.15. The number of amides is 1.